The van der Waals surface area contributed by atoms with Gasteiger partial charge in [0, 0.05) is 5.54 Å². The molecule has 2 nitrogen and oxygen atoms in total. The summed E-state index contributed by atoms with van der Waals surface area (Å²) >= 11 is 0. The summed E-state index contributed by atoms with van der Waals surface area (Å²) in [5, 5.41) is 10.7. The molecule has 0 aromatic carbocycles. The van der Waals surface area contributed by atoms with Crippen LogP contribution in [0.4, 0.5) is 0 Å². The van der Waals surface area contributed by atoms with E-state index < -0.39 is 0 Å². The van der Waals surface area contributed by atoms with Crippen LogP contribution in [0, 0.1) is 0 Å². The highest BCUT2D eigenvalue weighted by Crippen LogP contribution is 2.33. The van der Waals surface area contributed by atoms with E-state index in [0.717, 1.165) is 32.1 Å². The first-order chi connectivity index (χ1) is 9.21. The molecule has 1 fully saturated rings. The van der Waals surface area contributed by atoms with Crippen molar-refractivity contribution >= 4 is 0 Å². The van der Waals surface area contributed by atoms with Crippen LogP contribution in [0.3, 0.4) is 0 Å². The van der Waals surface area contributed by atoms with Crippen molar-refractivity contribution in [1.29, 1.82) is 0 Å². The predicted molar refractivity (Wildman–Crippen MR) is 83.4 cm³/mol. The number of aliphatic hydroxyl groups excluding tert-OH is 1. The Bertz CT molecular complexity index is 242. The number of hydrogen-bond donors (Lipinski definition) is 1. The summed E-state index contributed by atoms with van der Waals surface area (Å²) in [6.45, 7) is 10.6. The van der Waals surface area contributed by atoms with Crippen molar-refractivity contribution in [2.24, 2.45) is 0 Å². The van der Waals surface area contributed by atoms with Crippen molar-refractivity contribution in [2.75, 3.05) is 13.1 Å². The monoisotopic (exact) mass is 267 g/mol. The Morgan fingerprint density at radius 3 is 2.32 bits per heavy atom. The summed E-state index contributed by atoms with van der Waals surface area (Å²) < 4.78 is 0. The molecule has 0 aromatic heterocycles. The van der Waals surface area contributed by atoms with Crippen LogP contribution in [0.25, 0.3) is 0 Å². The average molecular weight is 267 g/mol. The van der Waals surface area contributed by atoms with Crippen LogP contribution in [0.15, 0.2) is 12.7 Å². The number of nitrogens with zero attached hydrogens (tertiary/aromatic N) is 1. The molecule has 1 heterocycles. The number of allylic oxidation sites excluding steroid dienone is 1. The number of aliphatic hydroxyl groups is 1. The summed E-state index contributed by atoms with van der Waals surface area (Å²) in [4.78, 5) is 2.56. The van der Waals surface area contributed by atoms with E-state index in [1.807, 2.05) is 6.08 Å². The van der Waals surface area contributed by atoms with Crippen LogP contribution in [0.5, 0.6) is 0 Å². The van der Waals surface area contributed by atoms with Crippen molar-refractivity contribution < 1.29 is 5.11 Å². The van der Waals surface area contributed by atoms with Gasteiger partial charge in [-0.3, -0.25) is 4.90 Å². The highest BCUT2D eigenvalue weighted by molar-refractivity contribution is 4.96. The Morgan fingerprint density at radius 2 is 1.79 bits per heavy atom. The SMILES string of the molecule is C=CCCCCCC(O)C(CC)(CC)N1CCCC1. The van der Waals surface area contributed by atoms with E-state index in [4.69, 9.17) is 0 Å². The van der Waals surface area contributed by atoms with Gasteiger partial charge in [-0.1, -0.05) is 32.8 Å². The van der Waals surface area contributed by atoms with Gasteiger partial charge >= 0.3 is 0 Å². The molecule has 1 unspecified atom stereocenters. The topological polar surface area (TPSA) is 23.5 Å². The minimum atomic E-state index is -0.163. The molecule has 0 aliphatic carbocycles. The van der Waals surface area contributed by atoms with Gasteiger partial charge in [-0.15, -0.1) is 6.58 Å². The lowest BCUT2D eigenvalue weighted by atomic mass is 9.82. The predicted octanol–water partition coefficient (Wildman–Crippen LogP) is 4.14. The maximum atomic E-state index is 10.7. The summed E-state index contributed by atoms with van der Waals surface area (Å²) in [5.41, 5.74) is 0.0366. The maximum Gasteiger partial charge on any atom is 0.0723 e. The molecule has 1 saturated heterocycles. The fourth-order valence-electron chi connectivity index (χ4n) is 3.61. The molecule has 1 aliphatic heterocycles. The second-order valence-electron chi connectivity index (χ2n) is 5.95. The molecule has 0 saturated carbocycles. The van der Waals surface area contributed by atoms with Gasteiger partial charge in [0.15, 0.2) is 0 Å². The van der Waals surface area contributed by atoms with E-state index in [1.165, 1.54) is 38.8 Å². The largest absolute Gasteiger partial charge is 0.391 e. The number of rotatable bonds is 10. The lowest BCUT2D eigenvalue weighted by Crippen LogP contribution is -2.55. The molecule has 1 atom stereocenters. The molecular formula is C17H33NO. The number of hydrogen-bond acceptors (Lipinski definition) is 2. The van der Waals surface area contributed by atoms with Crippen molar-refractivity contribution in [3.8, 4) is 0 Å². The highest BCUT2D eigenvalue weighted by Gasteiger charge is 2.40. The third-order valence-corrected chi connectivity index (χ3v) is 4.97. The van der Waals surface area contributed by atoms with Crippen LogP contribution >= 0.6 is 0 Å². The lowest BCUT2D eigenvalue weighted by molar-refractivity contribution is -0.0326. The van der Waals surface area contributed by atoms with Crippen molar-refractivity contribution in [3.05, 3.63) is 12.7 Å². The minimum Gasteiger partial charge on any atom is -0.391 e. The zero-order chi connectivity index (χ0) is 14.1. The van der Waals surface area contributed by atoms with Crippen LogP contribution in [0.1, 0.15) is 71.6 Å². The molecule has 0 spiro atoms. The highest BCUT2D eigenvalue weighted by atomic mass is 16.3. The zero-order valence-electron chi connectivity index (χ0n) is 13.0. The fraction of sp³-hybridized carbons (Fsp3) is 0.882. The van der Waals surface area contributed by atoms with E-state index in [9.17, 15) is 5.11 Å². The van der Waals surface area contributed by atoms with Crippen LogP contribution in [0.2, 0.25) is 0 Å². The van der Waals surface area contributed by atoms with Crippen LogP contribution < -0.4 is 0 Å². The van der Waals surface area contributed by atoms with Gasteiger partial charge in [0.05, 0.1) is 6.10 Å². The van der Waals surface area contributed by atoms with Gasteiger partial charge in [0.1, 0.15) is 0 Å². The zero-order valence-corrected chi connectivity index (χ0v) is 13.0. The molecule has 0 aromatic rings. The first kappa shape index (κ1) is 16.7. The smallest absolute Gasteiger partial charge is 0.0723 e. The van der Waals surface area contributed by atoms with Crippen LogP contribution in [-0.4, -0.2) is 34.7 Å². The van der Waals surface area contributed by atoms with E-state index in [1.54, 1.807) is 0 Å². The molecule has 0 bridgehead atoms. The van der Waals surface area contributed by atoms with Gasteiger partial charge in [-0.25, -0.2) is 0 Å². The molecule has 0 radical (unpaired) electrons. The second-order valence-corrected chi connectivity index (χ2v) is 5.95. The Morgan fingerprint density at radius 1 is 1.16 bits per heavy atom. The summed E-state index contributed by atoms with van der Waals surface area (Å²) in [5.74, 6) is 0. The van der Waals surface area contributed by atoms with Gasteiger partial charge < -0.3 is 5.11 Å². The molecule has 1 aliphatic rings. The molecule has 112 valence electrons. The average Bonchev–Trinajstić information content (AvgIpc) is 2.95. The van der Waals surface area contributed by atoms with Gasteiger partial charge in [0.25, 0.3) is 0 Å². The third kappa shape index (κ3) is 4.32. The number of unbranched alkanes of at least 4 members (excludes halogenated alkanes) is 3. The van der Waals surface area contributed by atoms with E-state index >= 15 is 0 Å². The summed E-state index contributed by atoms with van der Waals surface area (Å²) in [7, 11) is 0. The first-order valence-corrected chi connectivity index (χ1v) is 8.25. The van der Waals surface area contributed by atoms with Crippen LogP contribution in [-0.2, 0) is 0 Å². The lowest BCUT2D eigenvalue weighted by Gasteiger charge is -2.44. The van der Waals surface area contributed by atoms with Gasteiger partial charge in [-0.05, 0) is 58.0 Å². The van der Waals surface area contributed by atoms with Gasteiger partial charge in [0.2, 0.25) is 0 Å². The molecule has 19 heavy (non-hydrogen) atoms. The maximum absolute atomic E-state index is 10.7. The summed E-state index contributed by atoms with van der Waals surface area (Å²) in [6, 6.07) is 0. The van der Waals surface area contributed by atoms with Crippen molar-refractivity contribution in [2.45, 2.75) is 83.3 Å². The molecule has 2 heteroatoms. The summed E-state index contributed by atoms with van der Waals surface area (Å²) in [6.07, 6.45) is 12.2. The van der Waals surface area contributed by atoms with Crippen molar-refractivity contribution in [3.63, 3.8) is 0 Å². The Labute approximate surface area is 119 Å². The first-order valence-electron chi connectivity index (χ1n) is 8.25. The molecular weight excluding hydrogens is 234 g/mol. The third-order valence-electron chi connectivity index (χ3n) is 4.97. The normalized spacial score (nSPS) is 18.7. The second kappa shape index (κ2) is 8.76. The van der Waals surface area contributed by atoms with E-state index in [0.29, 0.717) is 0 Å². The quantitative estimate of drug-likeness (QED) is 0.475. The Hall–Kier alpha value is -0.340. The minimum absolute atomic E-state index is 0.0366. The fourth-order valence-corrected chi connectivity index (χ4v) is 3.61. The van der Waals surface area contributed by atoms with Crippen molar-refractivity contribution in [1.82, 2.24) is 4.90 Å². The Kier molecular flexibility index (Phi) is 7.70. The van der Waals surface area contributed by atoms with E-state index in [2.05, 4.69) is 25.3 Å². The molecule has 0 amide bonds. The van der Waals surface area contributed by atoms with Gasteiger partial charge in [-0.2, -0.15) is 0 Å². The van der Waals surface area contributed by atoms with E-state index in [-0.39, 0.29) is 11.6 Å². The standard InChI is InChI=1S/C17H33NO/c1-4-7-8-9-10-13-16(19)17(5-2,6-3)18-14-11-12-15-18/h4,16,19H,1,5-15H2,2-3H3. The molecule has 1 rings (SSSR count). The molecule has 1 N–H and O–H groups in total. The Balaban J connectivity index is 2.47. The number of likely N-dealkylation sites (tertiary alicyclic amines) is 1.